The first-order valence-electron chi connectivity index (χ1n) is 11.7. The highest BCUT2D eigenvalue weighted by Crippen LogP contribution is 2.37. The fourth-order valence-corrected chi connectivity index (χ4v) is 4.62. The molecular formula is C29H26N2O4. The Hall–Kier alpha value is -4.32. The van der Waals surface area contributed by atoms with Gasteiger partial charge in [0.2, 0.25) is 6.54 Å². The number of fused-ring (bicyclic) bond motifs is 2. The number of benzene rings is 4. The number of aromatic nitrogens is 1. The van der Waals surface area contributed by atoms with E-state index in [4.69, 9.17) is 9.47 Å². The van der Waals surface area contributed by atoms with Gasteiger partial charge in [-0.05, 0) is 52.6 Å². The van der Waals surface area contributed by atoms with Crippen LogP contribution in [-0.2, 0) is 6.61 Å². The summed E-state index contributed by atoms with van der Waals surface area (Å²) in [6.07, 6.45) is 1.87. The number of nitro groups is 1. The van der Waals surface area contributed by atoms with Crippen molar-refractivity contribution in [1.82, 2.24) is 4.98 Å². The smallest absolute Gasteiger partial charge is 0.214 e. The summed E-state index contributed by atoms with van der Waals surface area (Å²) in [5.74, 6) is 0.771. The van der Waals surface area contributed by atoms with E-state index in [-0.39, 0.29) is 11.5 Å². The van der Waals surface area contributed by atoms with E-state index in [0.29, 0.717) is 24.7 Å². The molecule has 1 atom stereocenters. The normalized spacial score (nSPS) is 12.0. The molecule has 5 rings (SSSR count). The predicted octanol–water partition coefficient (Wildman–Crippen LogP) is 6.71. The minimum atomic E-state index is -0.424. The van der Waals surface area contributed by atoms with E-state index < -0.39 is 5.92 Å². The maximum absolute atomic E-state index is 11.6. The van der Waals surface area contributed by atoms with Crippen molar-refractivity contribution >= 4 is 21.7 Å². The van der Waals surface area contributed by atoms with Crippen LogP contribution in [0.25, 0.3) is 21.7 Å². The fourth-order valence-electron chi connectivity index (χ4n) is 4.62. The van der Waals surface area contributed by atoms with Crippen molar-refractivity contribution in [1.29, 1.82) is 0 Å². The van der Waals surface area contributed by atoms with Gasteiger partial charge in [0.15, 0.2) is 11.5 Å². The fraction of sp³-hybridized carbons (Fsp3) is 0.172. The van der Waals surface area contributed by atoms with Crippen LogP contribution in [0.15, 0.2) is 91.1 Å². The molecule has 0 unspecified atom stereocenters. The molecule has 5 aromatic rings. The number of aromatic amines is 1. The molecule has 0 amide bonds. The van der Waals surface area contributed by atoms with Crippen molar-refractivity contribution in [3.05, 3.63) is 118 Å². The third-order valence-corrected chi connectivity index (χ3v) is 6.26. The van der Waals surface area contributed by atoms with E-state index in [2.05, 4.69) is 29.2 Å². The molecule has 1 N–H and O–H groups in total. The minimum absolute atomic E-state index is 0.219. The summed E-state index contributed by atoms with van der Waals surface area (Å²) in [5, 5.41) is 14.9. The molecule has 0 fully saturated rings. The summed E-state index contributed by atoms with van der Waals surface area (Å²) < 4.78 is 12.1. The van der Waals surface area contributed by atoms with E-state index in [1.807, 2.05) is 73.8 Å². The lowest BCUT2D eigenvalue weighted by molar-refractivity contribution is -0.481. The number of H-pyrrole nitrogens is 1. The molecule has 0 aliphatic carbocycles. The third kappa shape index (κ3) is 4.68. The van der Waals surface area contributed by atoms with E-state index in [9.17, 15) is 10.1 Å². The Morgan fingerprint density at radius 2 is 1.66 bits per heavy atom. The summed E-state index contributed by atoms with van der Waals surface area (Å²) in [6, 6.07) is 27.8. The second-order valence-electron chi connectivity index (χ2n) is 8.42. The van der Waals surface area contributed by atoms with Crippen LogP contribution in [0.1, 0.15) is 29.5 Å². The first kappa shape index (κ1) is 22.5. The van der Waals surface area contributed by atoms with Gasteiger partial charge in [0, 0.05) is 22.0 Å². The molecule has 1 heterocycles. The highest BCUT2D eigenvalue weighted by atomic mass is 16.6. The van der Waals surface area contributed by atoms with Crippen LogP contribution in [0, 0.1) is 10.1 Å². The van der Waals surface area contributed by atoms with E-state index in [0.717, 1.165) is 38.4 Å². The average Bonchev–Trinajstić information content (AvgIpc) is 3.30. The molecule has 0 saturated carbocycles. The SMILES string of the molecule is CCOc1cc([C@H](C[N+](=O)[O-])c2c[nH]c3ccccc23)ccc1OCc1cccc2ccccc12. The molecule has 0 spiro atoms. The van der Waals surface area contributed by atoms with E-state index in [1.165, 1.54) is 0 Å². The molecule has 4 aromatic carbocycles. The van der Waals surface area contributed by atoms with Crippen LogP contribution >= 0.6 is 0 Å². The zero-order valence-electron chi connectivity index (χ0n) is 19.4. The number of nitrogens with one attached hydrogen (secondary N) is 1. The molecule has 176 valence electrons. The molecular weight excluding hydrogens is 440 g/mol. The zero-order valence-corrected chi connectivity index (χ0v) is 19.4. The lowest BCUT2D eigenvalue weighted by atomic mass is 9.90. The van der Waals surface area contributed by atoms with Crippen LogP contribution < -0.4 is 9.47 Å². The van der Waals surface area contributed by atoms with Crippen molar-refractivity contribution in [2.45, 2.75) is 19.4 Å². The van der Waals surface area contributed by atoms with Gasteiger partial charge in [-0.3, -0.25) is 10.1 Å². The highest BCUT2D eigenvalue weighted by molar-refractivity contribution is 5.86. The van der Waals surface area contributed by atoms with Crippen LogP contribution in [-0.4, -0.2) is 23.1 Å². The van der Waals surface area contributed by atoms with Gasteiger partial charge in [0.05, 0.1) is 12.5 Å². The topological polar surface area (TPSA) is 77.4 Å². The Balaban J connectivity index is 1.48. The monoisotopic (exact) mass is 466 g/mol. The van der Waals surface area contributed by atoms with Gasteiger partial charge in [-0.2, -0.15) is 0 Å². The molecule has 1 aromatic heterocycles. The van der Waals surface area contributed by atoms with Crippen LogP contribution in [0.4, 0.5) is 0 Å². The first-order valence-corrected chi connectivity index (χ1v) is 11.7. The molecule has 0 aliphatic rings. The Kier molecular flexibility index (Phi) is 6.35. The molecule has 6 nitrogen and oxygen atoms in total. The van der Waals surface area contributed by atoms with Crippen molar-refractivity contribution in [2.75, 3.05) is 13.2 Å². The summed E-state index contributed by atoms with van der Waals surface area (Å²) >= 11 is 0. The maximum atomic E-state index is 11.6. The summed E-state index contributed by atoms with van der Waals surface area (Å²) in [5.41, 5.74) is 3.74. The molecule has 35 heavy (non-hydrogen) atoms. The highest BCUT2D eigenvalue weighted by Gasteiger charge is 2.24. The second-order valence-corrected chi connectivity index (χ2v) is 8.42. The Morgan fingerprint density at radius 3 is 2.49 bits per heavy atom. The summed E-state index contributed by atoms with van der Waals surface area (Å²) in [4.78, 5) is 14.6. The predicted molar refractivity (Wildman–Crippen MR) is 138 cm³/mol. The number of nitrogens with zero attached hydrogens (tertiary/aromatic N) is 1. The van der Waals surface area contributed by atoms with Crippen molar-refractivity contribution in [3.63, 3.8) is 0 Å². The van der Waals surface area contributed by atoms with Gasteiger partial charge in [-0.15, -0.1) is 0 Å². The molecule has 0 radical (unpaired) electrons. The third-order valence-electron chi connectivity index (χ3n) is 6.26. The maximum Gasteiger partial charge on any atom is 0.214 e. The van der Waals surface area contributed by atoms with Gasteiger partial charge in [-0.25, -0.2) is 0 Å². The lowest BCUT2D eigenvalue weighted by Crippen LogP contribution is -2.14. The standard InChI is InChI=1S/C29H26N2O4/c1-2-34-29-16-21(26(18-31(32)33)25-17-30-27-13-6-5-12-24(25)27)14-15-28(29)35-19-22-10-7-9-20-8-3-4-11-23(20)22/h3-17,26,30H,2,18-19H2,1H3/t26-/m0/s1. The minimum Gasteiger partial charge on any atom is -0.490 e. The van der Waals surface area contributed by atoms with Gasteiger partial charge in [0.1, 0.15) is 6.61 Å². The zero-order chi connectivity index (χ0) is 24.2. The van der Waals surface area contributed by atoms with Crippen LogP contribution in [0.3, 0.4) is 0 Å². The van der Waals surface area contributed by atoms with E-state index >= 15 is 0 Å². The molecule has 6 heteroatoms. The van der Waals surface area contributed by atoms with Crippen LogP contribution in [0.2, 0.25) is 0 Å². The molecule has 0 aliphatic heterocycles. The van der Waals surface area contributed by atoms with Crippen molar-refractivity contribution in [2.24, 2.45) is 0 Å². The van der Waals surface area contributed by atoms with Crippen LogP contribution in [0.5, 0.6) is 11.5 Å². The van der Waals surface area contributed by atoms with Crippen molar-refractivity contribution < 1.29 is 14.4 Å². The van der Waals surface area contributed by atoms with Gasteiger partial charge < -0.3 is 14.5 Å². The number of hydrogen-bond acceptors (Lipinski definition) is 4. The lowest BCUT2D eigenvalue weighted by Gasteiger charge is -2.18. The first-order chi connectivity index (χ1) is 17.1. The summed E-state index contributed by atoms with van der Waals surface area (Å²) in [6.45, 7) is 2.54. The molecule has 0 bridgehead atoms. The Bertz CT molecular complexity index is 1490. The average molecular weight is 467 g/mol. The molecule has 0 saturated heterocycles. The van der Waals surface area contributed by atoms with E-state index in [1.54, 1.807) is 0 Å². The Labute approximate surface area is 203 Å². The number of rotatable bonds is 9. The summed E-state index contributed by atoms with van der Waals surface area (Å²) in [7, 11) is 0. The quantitative estimate of drug-likeness (QED) is 0.193. The number of ether oxygens (including phenoxy) is 2. The number of hydrogen-bond donors (Lipinski definition) is 1. The Morgan fingerprint density at radius 1 is 0.886 bits per heavy atom. The van der Waals surface area contributed by atoms with Gasteiger partial charge in [0.25, 0.3) is 0 Å². The van der Waals surface area contributed by atoms with Crippen molar-refractivity contribution in [3.8, 4) is 11.5 Å². The number of para-hydroxylation sites is 1. The van der Waals surface area contributed by atoms with Gasteiger partial charge in [-0.1, -0.05) is 66.7 Å². The van der Waals surface area contributed by atoms with Gasteiger partial charge >= 0.3 is 0 Å². The largest absolute Gasteiger partial charge is 0.490 e. The second kappa shape index (κ2) is 9.89.